The van der Waals surface area contributed by atoms with Gasteiger partial charge in [0.05, 0.1) is 5.56 Å². The highest BCUT2D eigenvalue weighted by Crippen LogP contribution is 2.20. The number of pyridine rings is 1. The first-order valence-corrected chi connectivity index (χ1v) is 8.55. The van der Waals surface area contributed by atoms with Crippen molar-refractivity contribution in [1.29, 1.82) is 0 Å². The molecule has 0 spiro atoms. The van der Waals surface area contributed by atoms with Gasteiger partial charge in [0.1, 0.15) is 6.61 Å². The summed E-state index contributed by atoms with van der Waals surface area (Å²) in [6, 6.07) is 5.78. The molecule has 4 N–H and O–H groups in total. The van der Waals surface area contributed by atoms with Gasteiger partial charge in [-0.1, -0.05) is 12.5 Å². The average Bonchev–Trinajstić information content (AvgIpc) is 2.66. The summed E-state index contributed by atoms with van der Waals surface area (Å²) in [4.78, 5) is 25.0. The molecule has 1 amide bonds. The smallest absolute Gasteiger partial charge is 0.250 e. The second kappa shape index (κ2) is 12.4. The van der Waals surface area contributed by atoms with E-state index in [4.69, 9.17) is 16.2 Å². The Bertz CT molecular complexity index is 751. The van der Waals surface area contributed by atoms with Crippen molar-refractivity contribution in [1.82, 2.24) is 4.98 Å². The summed E-state index contributed by atoms with van der Waals surface area (Å²) in [5.74, 6) is -3.49. The number of Topliss-reactive ketones (excluding diaryl/α,β-unsaturated/α-hetero) is 1. The molecule has 0 fully saturated rings. The normalized spacial score (nSPS) is 10.0. The number of nitrogens with zero attached hydrogens (tertiary/aromatic N) is 1. The number of ketones is 1. The minimum absolute atomic E-state index is 0.172. The van der Waals surface area contributed by atoms with Gasteiger partial charge in [0, 0.05) is 12.6 Å². The Morgan fingerprint density at radius 1 is 1.00 bits per heavy atom. The second-order valence-corrected chi connectivity index (χ2v) is 5.71. The predicted molar refractivity (Wildman–Crippen MR) is 97.1 cm³/mol. The molecule has 0 saturated carbocycles. The third-order valence-electron chi connectivity index (χ3n) is 3.47. The summed E-state index contributed by atoms with van der Waals surface area (Å²) in [5, 5.41) is 0. The number of benzene rings is 1. The number of hydrogen-bond donors (Lipinski definition) is 2. The molecule has 0 unspecified atom stereocenters. The first kappa shape index (κ1) is 23.1. The van der Waals surface area contributed by atoms with E-state index < -0.39 is 29.2 Å². The molecule has 1 heterocycles. The van der Waals surface area contributed by atoms with Gasteiger partial charge < -0.3 is 16.2 Å². The number of primary amides is 1. The monoisotopic (exact) mass is 397 g/mol. The number of rotatable bonds is 9. The van der Waals surface area contributed by atoms with Crippen LogP contribution in [0.2, 0.25) is 0 Å². The standard InChI is InChI=1S/C13H17F2NO2.C6H5FN2O/c14-11-6-4-7-12(15)13(11)18-9-10(17)5-2-1-3-8-16;7-5-2-1-4(3-9-5)6(8)10/h4,6-7H,1-3,5,8-9,16H2;1-3H,(H2,8,10). The Kier molecular flexibility index (Phi) is 10.3. The minimum Gasteiger partial charge on any atom is -0.480 e. The Balaban J connectivity index is 0.000000330. The molecule has 0 saturated heterocycles. The SMILES string of the molecule is NC(=O)c1ccc(F)nc1.NCCCCCC(=O)COc1c(F)cccc1F. The van der Waals surface area contributed by atoms with Gasteiger partial charge in [-0.2, -0.15) is 4.39 Å². The maximum absolute atomic E-state index is 13.2. The third kappa shape index (κ3) is 8.63. The lowest BCUT2D eigenvalue weighted by Crippen LogP contribution is -2.12. The molecular weight excluding hydrogens is 375 g/mol. The lowest BCUT2D eigenvalue weighted by Gasteiger charge is -2.07. The summed E-state index contributed by atoms with van der Waals surface area (Å²) in [6.07, 6.45) is 3.90. The minimum atomic E-state index is -0.800. The van der Waals surface area contributed by atoms with Crippen LogP contribution in [0.5, 0.6) is 5.75 Å². The highest BCUT2D eigenvalue weighted by Gasteiger charge is 2.11. The van der Waals surface area contributed by atoms with Gasteiger partial charge in [-0.3, -0.25) is 9.59 Å². The zero-order valence-corrected chi connectivity index (χ0v) is 15.2. The lowest BCUT2D eigenvalue weighted by molar-refractivity contribution is -0.121. The molecule has 0 atom stereocenters. The van der Waals surface area contributed by atoms with Gasteiger partial charge in [0.25, 0.3) is 0 Å². The molecule has 0 aliphatic heterocycles. The molecule has 0 bridgehead atoms. The fourth-order valence-corrected chi connectivity index (χ4v) is 2.01. The van der Waals surface area contributed by atoms with E-state index in [1.54, 1.807) is 0 Å². The molecular formula is C19H22F3N3O3. The summed E-state index contributed by atoms with van der Waals surface area (Å²) in [7, 11) is 0. The molecule has 1 aromatic carbocycles. The van der Waals surface area contributed by atoms with E-state index in [2.05, 4.69) is 4.98 Å². The van der Waals surface area contributed by atoms with E-state index in [9.17, 15) is 22.8 Å². The fraction of sp³-hybridized carbons (Fsp3) is 0.316. The number of halogens is 3. The summed E-state index contributed by atoms with van der Waals surface area (Å²) < 4.78 is 43.3. The number of carbonyl (C=O) groups is 2. The number of unbranched alkanes of at least 4 members (excludes halogenated alkanes) is 2. The van der Waals surface area contributed by atoms with Crippen LogP contribution in [0.4, 0.5) is 13.2 Å². The Labute approximate surface area is 160 Å². The van der Waals surface area contributed by atoms with Crippen LogP contribution < -0.4 is 16.2 Å². The number of para-hydroxylation sites is 1. The largest absolute Gasteiger partial charge is 0.480 e. The molecule has 6 nitrogen and oxygen atoms in total. The Hall–Kier alpha value is -2.94. The molecule has 0 radical (unpaired) electrons. The molecule has 0 aliphatic rings. The maximum atomic E-state index is 13.2. The molecule has 1 aromatic heterocycles. The lowest BCUT2D eigenvalue weighted by atomic mass is 10.1. The fourth-order valence-electron chi connectivity index (χ4n) is 2.01. The molecule has 28 heavy (non-hydrogen) atoms. The Morgan fingerprint density at radius 2 is 1.68 bits per heavy atom. The van der Waals surface area contributed by atoms with Crippen LogP contribution in [-0.2, 0) is 4.79 Å². The average molecular weight is 397 g/mol. The zero-order valence-electron chi connectivity index (χ0n) is 15.2. The summed E-state index contributed by atoms with van der Waals surface area (Å²) in [5.41, 5.74) is 10.4. The summed E-state index contributed by atoms with van der Waals surface area (Å²) >= 11 is 0. The highest BCUT2D eigenvalue weighted by molar-refractivity contribution is 5.92. The number of amides is 1. The molecule has 2 rings (SSSR count). The van der Waals surface area contributed by atoms with Crippen LogP contribution >= 0.6 is 0 Å². The van der Waals surface area contributed by atoms with Crippen molar-refractivity contribution in [2.24, 2.45) is 11.5 Å². The molecule has 152 valence electrons. The van der Waals surface area contributed by atoms with Crippen molar-refractivity contribution in [3.05, 3.63) is 59.7 Å². The van der Waals surface area contributed by atoms with Crippen molar-refractivity contribution < 1.29 is 27.5 Å². The van der Waals surface area contributed by atoms with Crippen molar-refractivity contribution in [2.75, 3.05) is 13.2 Å². The zero-order chi connectivity index (χ0) is 20.9. The van der Waals surface area contributed by atoms with Gasteiger partial charge in [-0.25, -0.2) is 13.8 Å². The van der Waals surface area contributed by atoms with E-state index >= 15 is 0 Å². The Morgan fingerprint density at radius 3 is 2.21 bits per heavy atom. The topological polar surface area (TPSA) is 108 Å². The number of ether oxygens (including phenoxy) is 1. The van der Waals surface area contributed by atoms with Gasteiger partial charge >= 0.3 is 0 Å². The van der Waals surface area contributed by atoms with Crippen LogP contribution in [0.15, 0.2) is 36.5 Å². The van der Waals surface area contributed by atoms with E-state index in [1.165, 1.54) is 12.1 Å². The van der Waals surface area contributed by atoms with Crippen LogP contribution in [0.1, 0.15) is 36.0 Å². The molecule has 0 aliphatic carbocycles. The van der Waals surface area contributed by atoms with Crippen LogP contribution in [0, 0.1) is 17.6 Å². The second-order valence-electron chi connectivity index (χ2n) is 5.71. The van der Waals surface area contributed by atoms with Gasteiger partial charge in [0.2, 0.25) is 11.9 Å². The quantitative estimate of drug-likeness (QED) is 0.500. The highest BCUT2D eigenvalue weighted by atomic mass is 19.1. The van der Waals surface area contributed by atoms with Crippen LogP contribution in [-0.4, -0.2) is 29.8 Å². The van der Waals surface area contributed by atoms with Crippen molar-refractivity contribution >= 4 is 11.7 Å². The number of carbonyl (C=O) groups excluding carboxylic acids is 2. The third-order valence-corrected chi connectivity index (χ3v) is 3.47. The van der Waals surface area contributed by atoms with E-state index in [0.29, 0.717) is 13.0 Å². The van der Waals surface area contributed by atoms with Gasteiger partial charge in [-0.15, -0.1) is 0 Å². The van der Waals surface area contributed by atoms with Crippen LogP contribution in [0.25, 0.3) is 0 Å². The van der Waals surface area contributed by atoms with E-state index in [0.717, 1.165) is 43.7 Å². The maximum Gasteiger partial charge on any atom is 0.250 e. The molecule has 9 heteroatoms. The number of hydrogen-bond acceptors (Lipinski definition) is 5. The predicted octanol–water partition coefficient (Wildman–Crippen LogP) is 2.75. The van der Waals surface area contributed by atoms with Crippen molar-refractivity contribution in [3.63, 3.8) is 0 Å². The van der Waals surface area contributed by atoms with Crippen molar-refractivity contribution in [2.45, 2.75) is 25.7 Å². The summed E-state index contributed by atoms with van der Waals surface area (Å²) in [6.45, 7) is 0.297. The van der Waals surface area contributed by atoms with E-state index in [1.807, 2.05) is 0 Å². The first-order chi connectivity index (χ1) is 13.3. The number of aromatic nitrogens is 1. The molecule has 2 aromatic rings. The van der Waals surface area contributed by atoms with Crippen molar-refractivity contribution in [3.8, 4) is 5.75 Å². The van der Waals surface area contributed by atoms with Gasteiger partial charge in [-0.05, 0) is 43.7 Å². The first-order valence-electron chi connectivity index (χ1n) is 8.55. The van der Waals surface area contributed by atoms with Crippen LogP contribution in [0.3, 0.4) is 0 Å². The van der Waals surface area contributed by atoms with Gasteiger partial charge in [0.15, 0.2) is 23.2 Å². The van der Waals surface area contributed by atoms with E-state index in [-0.39, 0.29) is 18.0 Å². The number of nitrogens with two attached hydrogens (primary N) is 2.